The van der Waals surface area contributed by atoms with Crippen molar-refractivity contribution in [1.82, 2.24) is 24.9 Å². The fourth-order valence-electron chi connectivity index (χ4n) is 1.75. The van der Waals surface area contributed by atoms with Gasteiger partial charge in [-0.2, -0.15) is 10.2 Å². The zero-order valence-corrected chi connectivity index (χ0v) is 11.0. The highest BCUT2D eigenvalue weighted by Crippen LogP contribution is 2.18. The predicted octanol–water partition coefficient (Wildman–Crippen LogP) is 1.41. The van der Waals surface area contributed by atoms with E-state index in [9.17, 15) is 0 Å². The summed E-state index contributed by atoms with van der Waals surface area (Å²) in [6, 6.07) is 1.99. The molecule has 2 heterocycles. The summed E-state index contributed by atoms with van der Waals surface area (Å²) in [5.41, 5.74) is 3.03. The van der Waals surface area contributed by atoms with Crippen LogP contribution in [0.5, 0.6) is 0 Å². The van der Waals surface area contributed by atoms with E-state index in [1.807, 2.05) is 33.3 Å². The third-order valence-electron chi connectivity index (χ3n) is 2.65. The van der Waals surface area contributed by atoms with Gasteiger partial charge in [-0.25, -0.2) is 0 Å². The number of hydrogen-bond acceptors (Lipinski definition) is 3. The third kappa shape index (κ3) is 2.68. The molecule has 0 saturated heterocycles. The fraction of sp³-hybridized carbons (Fsp3) is 0.455. The zero-order valence-electron chi connectivity index (χ0n) is 10.2. The molecular formula is C11H16ClN5. The Morgan fingerprint density at radius 3 is 2.59 bits per heavy atom. The molecule has 2 aromatic rings. The number of aromatic nitrogens is 4. The van der Waals surface area contributed by atoms with Crippen LogP contribution in [0, 0.1) is 6.92 Å². The van der Waals surface area contributed by atoms with Crippen molar-refractivity contribution in [2.45, 2.75) is 20.0 Å². The highest BCUT2D eigenvalue weighted by atomic mass is 35.5. The van der Waals surface area contributed by atoms with Gasteiger partial charge in [-0.15, -0.1) is 0 Å². The average molecular weight is 254 g/mol. The molecule has 0 bridgehead atoms. The zero-order chi connectivity index (χ0) is 12.4. The van der Waals surface area contributed by atoms with Gasteiger partial charge in [-0.1, -0.05) is 11.6 Å². The highest BCUT2D eigenvalue weighted by molar-refractivity contribution is 6.30. The second kappa shape index (κ2) is 4.89. The Hall–Kier alpha value is -1.33. The first-order valence-electron chi connectivity index (χ1n) is 5.45. The van der Waals surface area contributed by atoms with Crippen molar-refractivity contribution in [2.75, 3.05) is 0 Å². The lowest BCUT2D eigenvalue weighted by Crippen LogP contribution is -2.14. The first-order chi connectivity index (χ1) is 8.08. The highest BCUT2D eigenvalue weighted by Gasteiger charge is 2.10. The molecule has 0 spiro atoms. The molecule has 5 nitrogen and oxygen atoms in total. The SMILES string of the molecule is Cc1nn(C)c(Cl)c1CNCc1ccn(C)n1. The lowest BCUT2D eigenvalue weighted by atomic mass is 10.2. The van der Waals surface area contributed by atoms with Crippen LogP contribution in [0.2, 0.25) is 5.15 Å². The van der Waals surface area contributed by atoms with Crippen LogP contribution in [0.3, 0.4) is 0 Å². The Bertz CT molecular complexity index is 514. The van der Waals surface area contributed by atoms with Gasteiger partial charge in [0.15, 0.2) is 0 Å². The molecule has 0 radical (unpaired) electrons. The Morgan fingerprint density at radius 2 is 2.06 bits per heavy atom. The van der Waals surface area contributed by atoms with Gasteiger partial charge >= 0.3 is 0 Å². The van der Waals surface area contributed by atoms with Crippen LogP contribution >= 0.6 is 11.6 Å². The van der Waals surface area contributed by atoms with Crippen molar-refractivity contribution < 1.29 is 0 Å². The first kappa shape index (κ1) is 12.1. The monoisotopic (exact) mass is 253 g/mol. The van der Waals surface area contributed by atoms with Crippen molar-refractivity contribution in [1.29, 1.82) is 0 Å². The lowest BCUT2D eigenvalue weighted by molar-refractivity contribution is 0.654. The largest absolute Gasteiger partial charge is 0.307 e. The Balaban J connectivity index is 1.94. The summed E-state index contributed by atoms with van der Waals surface area (Å²) < 4.78 is 3.48. The van der Waals surface area contributed by atoms with E-state index >= 15 is 0 Å². The minimum Gasteiger partial charge on any atom is -0.307 e. The quantitative estimate of drug-likeness (QED) is 0.896. The molecule has 0 fully saturated rings. The molecule has 17 heavy (non-hydrogen) atoms. The first-order valence-corrected chi connectivity index (χ1v) is 5.83. The molecule has 0 aliphatic rings. The summed E-state index contributed by atoms with van der Waals surface area (Å²) in [5.74, 6) is 0. The molecule has 2 aromatic heterocycles. The maximum Gasteiger partial charge on any atom is 0.131 e. The molecule has 0 aliphatic carbocycles. The molecular weight excluding hydrogens is 238 g/mol. The Labute approximate surface area is 105 Å². The van der Waals surface area contributed by atoms with Crippen molar-refractivity contribution in [3.63, 3.8) is 0 Å². The van der Waals surface area contributed by atoms with E-state index in [-0.39, 0.29) is 0 Å². The van der Waals surface area contributed by atoms with Crippen molar-refractivity contribution in [3.8, 4) is 0 Å². The van der Waals surface area contributed by atoms with Gasteiger partial charge in [0, 0.05) is 38.9 Å². The smallest absolute Gasteiger partial charge is 0.131 e. The van der Waals surface area contributed by atoms with Gasteiger partial charge in [-0.05, 0) is 13.0 Å². The molecule has 92 valence electrons. The van der Waals surface area contributed by atoms with Crippen LogP contribution in [0.4, 0.5) is 0 Å². The van der Waals surface area contributed by atoms with E-state index in [1.165, 1.54) is 0 Å². The standard InChI is InChI=1S/C11H16ClN5/c1-8-10(11(12)17(3)14-8)7-13-6-9-4-5-16(2)15-9/h4-5,13H,6-7H2,1-3H3. The van der Waals surface area contributed by atoms with Crippen molar-refractivity contribution in [2.24, 2.45) is 14.1 Å². The number of hydrogen-bond donors (Lipinski definition) is 1. The number of nitrogens with zero attached hydrogens (tertiary/aromatic N) is 4. The normalized spacial score (nSPS) is 11.1. The third-order valence-corrected chi connectivity index (χ3v) is 3.12. The minimum atomic E-state index is 0.691. The van der Waals surface area contributed by atoms with Gasteiger partial charge < -0.3 is 5.32 Å². The summed E-state index contributed by atoms with van der Waals surface area (Å²) >= 11 is 6.14. The summed E-state index contributed by atoms with van der Waals surface area (Å²) in [6.45, 7) is 3.39. The van der Waals surface area contributed by atoms with Crippen LogP contribution in [0.15, 0.2) is 12.3 Å². The Kier molecular flexibility index (Phi) is 3.49. The van der Waals surface area contributed by atoms with E-state index in [1.54, 1.807) is 9.36 Å². The van der Waals surface area contributed by atoms with Gasteiger partial charge in [0.1, 0.15) is 5.15 Å². The van der Waals surface area contributed by atoms with Crippen LogP contribution in [-0.4, -0.2) is 19.6 Å². The summed E-state index contributed by atoms with van der Waals surface area (Å²) in [6.07, 6.45) is 1.93. The van der Waals surface area contributed by atoms with E-state index in [0.717, 1.165) is 23.5 Å². The van der Waals surface area contributed by atoms with Gasteiger partial charge in [0.05, 0.1) is 11.4 Å². The number of nitrogens with one attached hydrogen (secondary N) is 1. The number of rotatable bonds is 4. The molecule has 6 heteroatoms. The van der Waals surface area contributed by atoms with Gasteiger partial charge in [0.2, 0.25) is 0 Å². The van der Waals surface area contributed by atoms with E-state index in [2.05, 4.69) is 15.5 Å². The molecule has 2 rings (SSSR count). The summed E-state index contributed by atoms with van der Waals surface area (Å²) in [4.78, 5) is 0. The van der Waals surface area contributed by atoms with Crippen molar-refractivity contribution in [3.05, 3.63) is 34.4 Å². The van der Waals surface area contributed by atoms with Gasteiger partial charge in [-0.3, -0.25) is 9.36 Å². The average Bonchev–Trinajstić information content (AvgIpc) is 2.78. The number of halogens is 1. The van der Waals surface area contributed by atoms with Gasteiger partial charge in [0.25, 0.3) is 0 Å². The van der Waals surface area contributed by atoms with Crippen LogP contribution < -0.4 is 5.32 Å². The molecule has 0 aliphatic heterocycles. The Morgan fingerprint density at radius 1 is 1.29 bits per heavy atom. The van der Waals surface area contributed by atoms with Crippen LogP contribution in [0.1, 0.15) is 17.0 Å². The van der Waals surface area contributed by atoms with Crippen LogP contribution in [0.25, 0.3) is 0 Å². The lowest BCUT2D eigenvalue weighted by Gasteiger charge is -2.02. The van der Waals surface area contributed by atoms with E-state index in [0.29, 0.717) is 11.7 Å². The molecule has 0 saturated carbocycles. The van der Waals surface area contributed by atoms with Crippen molar-refractivity contribution >= 4 is 11.6 Å². The summed E-state index contributed by atoms with van der Waals surface area (Å²) in [7, 11) is 3.75. The molecule has 0 amide bonds. The predicted molar refractivity (Wildman–Crippen MR) is 66.7 cm³/mol. The maximum absolute atomic E-state index is 6.14. The summed E-state index contributed by atoms with van der Waals surface area (Å²) in [5, 5.41) is 12.6. The fourth-order valence-corrected chi connectivity index (χ4v) is 1.99. The minimum absolute atomic E-state index is 0.691. The molecule has 0 atom stereocenters. The topological polar surface area (TPSA) is 47.7 Å². The van der Waals surface area contributed by atoms with Crippen LogP contribution in [-0.2, 0) is 27.2 Å². The number of aryl methyl sites for hydroxylation is 3. The second-order valence-electron chi connectivity index (χ2n) is 4.06. The maximum atomic E-state index is 6.14. The van der Waals surface area contributed by atoms with E-state index < -0.39 is 0 Å². The molecule has 0 unspecified atom stereocenters. The molecule has 0 aromatic carbocycles. The second-order valence-corrected chi connectivity index (χ2v) is 4.42. The molecule has 1 N–H and O–H groups in total. The van der Waals surface area contributed by atoms with E-state index in [4.69, 9.17) is 11.6 Å².